The number of aryl methyl sites for hydroxylation is 1. The molecule has 2 heterocycles. The molecule has 0 saturated heterocycles. The van der Waals surface area contributed by atoms with Gasteiger partial charge in [-0.15, -0.1) is 0 Å². The Hall–Kier alpha value is -4.39. The lowest BCUT2D eigenvalue weighted by Gasteiger charge is -2.14. The normalized spacial score (nSPS) is 10.7. The second-order valence-electron chi connectivity index (χ2n) is 8.27. The molecule has 7 nitrogen and oxygen atoms in total. The van der Waals surface area contributed by atoms with Crippen molar-refractivity contribution in [1.82, 2.24) is 9.97 Å². The lowest BCUT2D eigenvalue weighted by molar-refractivity contribution is 0.102. The minimum absolute atomic E-state index is 0.0474. The van der Waals surface area contributed by atoms with Gasteiger partial charge in [0.05, 0.1) is 6.10 Å². The molecule has 0 aliphatic carbocycles. The van der Waals surface area contributed by atoms with Crippen LogP contribution in [0.1, 0.15) is 29.8 Å². The number of carbonyl (C=O) groups is 1. The van der Waals surface area contributed by atoms with E-state index in [0.717, 1.165) is 22.5 Å². The zero-order chi connectivity index (χ0) is 24.8. The van der Waals surface area contributed by atoms with Gasteiger partial charge in [-0.05, 0) is 80.4 Å². The third kappa shape index (κ3) is 5.95. The van der Waals surface area contributed by atoms with Crippen molar-refractivity contribution in [2.75, 3.05) is 17.7 Å². The van der Waals surface area contributed by atoms with Crippen LogP contribution in [0.2, 0.25) is 0 Å². The molecular formula is C28H28N4O3. The number of benzene rings is 2. The van der Waals surface area contributed by atoms with E-state index in [9.17, 15) is 4.79 Å². The summed E-state index contributed by atoms with van der Waals surface area (Å²) in [4.78, 5) is 21.7. The van der Waals surface area contributed by atoms with Crippen LogP contribution in [0.15, 0.2) is 79.1 Å². The van der Waals surface area contributed by atoms with Gasteiger partial charge < -0.3 is 20.1 Å². The van der Waals surface area contributed by atoms with Gasteiger partial charge in [-0.1, -0.05) is 12.1 Å². The molecule has 2 aromatic heterocycles. The van der Waals surface area contributed by atoms with Gasteiger partial charge in [0.25, 0.3) is 5.91 Å². The van der Waals surface area contributed by atoms with Gasteiger partial charge in [0.2, 0.25) is 5.88 Å². The second-order valence-corrected chi connectivity index (χ2v) is 8.27. The van der Waals surface area contributed by atoms with E-state index in [-0.39, 0.29) is 12.0 Å². The molecule has 178 valence electrons. The van der Waals surface area contributed by atoms with Crippen molar-refractivity contribution in [1.29, 1.82) is 0 Å². The summed E-state index contributed by atoms with van der Waals surface area (Å²) in [6, 6.07) is 20.3. The fourth-order valence-corrected chi connectivity index (χ4v) is 3.50. The van der Waals surface area contributed by atoms with E-state index in [1.54, 1.807) is 30.6 Å². The predicted octanol–water partition coefficient (Wildman–Crippen LogP) is 6.33. The number of rotatable bonds is 8. The highest BCUT2D eigenvalue weighted by Crippen LogP contribution is 2.33. The summed E-state index contributed by atoms with van der Waals surface area (Å²) in [5, 5.41) is 5.97. The van der Waals surface area contributed by atoms with Crippen LogP contribution in [0.4, 0.5) is 11.5 Å². The highest BCUT2D eigenvalue weighted by molar-refractivity contribution is 6.04. The smallest absolute Gasteiger partial charge is 0.255 e. The number of nitrogens with one attached hydrogen (secondary N) is 2. The Morgan fingerprint density at radius 3 is 2.60 bits per heavy atom. The molecule has 35 heavy (non-hydrogen) atoms. The van der Waals surface area contributed by atoms with Crippen LogP contribution in [-0.4, -0.2) is 29.0 Å². The van der Waals surface area contributed by atoms with Crippen LogP contribution >= 0.6 is 0 Å². The number of aromatic nitrogens is 2. The second kappa shape index (κ2) is 10.7. The number of hydrogen-bond donors (Lipinski definition) is 2. The maximum Gasteiger partial charge on any atom is 0.255 e. The molecule has 2 aromatic carbocycles. The van der Waals surface area contributed by atoms with Gasteiger partial charge in [-0.2, -0.15) is 0 Å². The van der Waals surface area contributed by atoms with Crippen LogP contribution in [0.5, 0.6) is 17.4 Å². The highest BCUT2D eigenvalue weighted by Gasteiger charge is 2.14. The summed E-state index contributed by atoms with van der Waals surface area (Å²) >= 11 is 0. The Bertz CT molecular complexity index is 1340. The Balaban J connectivity index is 1.58. The first-order chi connectivity index (χ1) is 16.9. The van der Waals surface area contributed by atoms with Crippen LogP contribution in [0, 0.1) is 6.92 Å². The molecule has 0 fully saturated rings. The van der Waals surface area contributed by atoms with Gasteiger partial charge >= 0.3 is 0 Å². The largest absolute Gasteiger partial charge is 0.491 e. The molecule has 0 atom stereocenters. The van der Waals surface area contributed by atoms with Crippen molar-refractivity contribution in [2.24, 2.45) is 0 Å². The lowest BCUT2D eigenvalue weighted by atomic mass is 10.1. The highest BCUT2D eigenvalue weighted by atomic mass is 16.5. The van der Waals surface area contributed by atoms with Crippen molar-refractivity contribution in [2.45, 2.75) is 26.9 Å². The number of ether oxygens (including phenoxy) is 2. The van der Waals surface area contributed by atoms with E-state index in [1.807, 2.05) is 76.3 Å². The zero-order valence-electron chi connectivity index (χ0n) is 20.2. The van der Waals surface area contributed by atoms with Crippen LogP contribution in [0.3, 0.4) is 0 Å². The Kier molecular flexibility index (Phi) is 7.26. The Morgan fingerprint density at radius 2 is 1.80 bits per heavy atom. The van der Waals surface area contributed by atoms with Crippen LogP contribution in [0.25, 0.3) is 11.1 Å². The maximum absolute atomic E-state index is 13.0. The zero-order valence-corrected chi connectivity index (χ0v) is 20.2. The summed E-state index contributed by atoms with van der Waals surface area (Å²) < 4.78 is 11.9. The van der Waals surface area contributed by atoms with Crippen molar-refractivity contribution >= 4 is 17.4 Å². The van der Waals surface area contributed by atoms with Crippen LogP contribution < -0.4 is 20.1 Å². The van der Waals surface area contributed by atoms with Crippen LogP contribution in [-0.2, 0) is 0 Å². The molecule has 0 spiro atoms. The van der Waals surface area contributed by atoms with E-state index in [4.69, 9.17) is 9.47 Å². The average Bonchev–Trinajstić information content (AvgIpc) is 2.85. The molecule has 0 aliphatic rings. The van der Waals surface area contributed by atoms with E-state index in [2.05, 4.69) is 20.6 Å². The summed E-state index contributed by atoms with van der Waals surface area (Å²) in [5.74, 6) is 2.20. The van der Waals surface area contributed by atoms with Gasteiger partial charge in [0, 0.05) is 42.3 Å². The summed E-state index contributed by atoms with van der Waals surface area (Å²) in [5.41, 5.74) is 3.75. The van der Waals surface area contributed by atoms with E-state index in [1.165, 1.54) is 0 Å². The topological polar surface area (TPSA) is 85.4 Å². The van der Waals surface area contributed by atoms with Gasteiger partial charge in [-0.25, -0.2) is 9.97 Å². The van der Waals surface area contributed by atoms with E-state index < -0.39 is 0 Å². The molecule has 0 unspecified atom stereocenters. The number of pyridine rings is 2. The third-order valence-electron chi connectivity index (χ3n) is 5.22. The van der Waals surface area contributed by atoms with Crippen molar-refractivity contribution in [3.63, 3.8) is 0 Å². The molecule has 0 saturated carbocycles. The molecule has 2 N–H and O–H groups in total. The van der Waals surface area contributed by atoms with Gasteiger partial charge in [0.15, 0.2) is 0 Å². The number of hydrogen-bond acceptors (Lipinski definition) is 6. The SMILES string of the molecule is CNc1cc(-c2cccnc2Oc2cc(C(=O)Nc3cccc(OC(C)C)c3)ccc2C)ccn1. The van der Waals surface area contributed by atoms with E-state index in [0.29, 0.717) is 28.6 Å². The first-order valence-electron chi connectivity index (χ1n) is 11.4. The summed E-state index contributed by atoms with van der Waals surface area (Å²) in [6.07, 6.45) is 3.46. The van der Waals surface area contributed by atoms with Gasteiger partial charge in [-0.3, -0.25) is 4.79 Å². The Labute approximate surface area is 205 Å². The molecule has 1 amide bonds. The summed E-state index contributed by atoms with van der Waals surface area (Å²) in [7, 11) is 1.82. The first kappa shape index (κ1) is 23.8. The monoisotopic (exact) mass is 468 g/mol. The average molecular weight is 469 g/mol. The molecule has 7 heteroatoms. The number of anilines is 2. The van der Waals surface area contributed by atoms with Crippen molar-refractivity contribution in [3.8, 4) is 28.5 Å². The number of carbonyl (C=O) groups excluding carboxylic acids is 1. The molecule has 4 rings (SSSR count). The molecular weight excluding hydrogens is 440 g/mol. The fourth-order valence-electron chi connectivity index (χ4n) is 3.50. The van der Waals surface area contributed by atoms with Crippen molar-refractivity contribution < 1.29 is 14.3 Å². The number of amides is 1. The number of nitrogens with zero attached hydrogens (tertiary/aromatic N) is 2. The molecule has 0 radical (unpaired) electrons. The van der Waals surface area contributed by atoms with Crippen molar-refractivity contribution in [3.05, 3.63) is 90.3 Å². The molecule has 0 bridgehead atoms. The van der Waals surface area contributed by atoms with Gasteiger partial charge in [0.1, 0.15) is 17.3 Å². The lowest BCUT2D eigenvalue weighted by Crippen LogP contribution is -2.12. The molecule has 0 aliphatic heterocycles. The maximum atomic E-state index is 13.0. The molecule has 4 aromatic rings. The quantitative estimate of drug-likeness (QED) is 0.314. The minimum atomic E-state index is -0.245. The fraction of sp³-hybridized carbons (Fsp3) is 0.179. The minimum Gasteiger partial charge on any atom is -0.491 e. The first-order valence-corrected chi connectivity index (χ1v) is 11.4. The Morgan fingerprint density at radius 1 is 0.943 bits per heavy atom. The van der Waals surface area contributed by atoms with E-state index >= 15 is 0 Å². The predicted molar refractivity (Wildman–Crippen MR) is 138 cm³/mol. The standard InChI is InChI=1S/C28H28N4O3/c1-18(2)34-23-8-5-7-22(17-23)32-27(33)21-11-10-19(3)25(15-21)35-28-24(9-6-13-31-28)20-12-14-30-26(16-20)29-4/h5-18H,1-4H3,(H,29,30)(H,32,33). The summed E-state index contributed by atoms with van der Waals surface area (Å²) in [6.45, 7) is 5.85. The third-order valence-corrected chi connectivity index (χ3v) is 5.22.